The molecule has 0 aromatic carbocycles. The van der Waals surface area contributed by atoms with E-state index in [0.29, 0.717) is 18.9 Å². The monoisotopic (exact) mass is 278 g/mol. The zero-order chi connectivity index (χ0) is 13.5. The molecule has 6 heteroatoms. The first-order chi connectivity index (χ1) is 8.52. The van der Waals surface area contributed by atoms with Crippen LogP contribution in [0.15, 0.2) is 0 Å². The van der Waals surface area contributed by atoms with Gasteiger partial charge in [-0.15, -0.1) is 11.3 Å². The molecular formula is C12H20F2N2OS. The highest BCUT2D eigenvalue weighted by Gasteiger charge is 2.11. The fourth-order valence-electron chi connectivity index (χ4n) is 1.58. The van der Waals surface area contributed by atoms with Crippen molar-refractivity contribution in [3.8, 4) is 0 Å². The van der Waals surface area contributed by atoms with Crippen molar-refractivity contribution in [3.05, 3.63) is 15.6 Å². The third-order valence-corrected chi connectivity index (χ3v) is 3.49. The number of thiazole rings is 1. The first-order valence-corrected chi connectivity index (χ1v) is 6.88. The Labute approximate surface area is 110 Å². The van der Waals surface area contributed by atoms with Crippen molar-refractivity contribution in [2.75, 3.05) is 13.2 Å². The van der Waals surface area contributed by atoms with Crippen LogP contribution in [0.4, 0.5) is 8.78 Å². The van der Waals surface area contributed by atoms with Crippen LogP contribution in [0.2, 0.25) is 0 Å². The lowest BCUT2D eigenvalue weighted by molar-refractivity contribution is 0.0187. The van der Waals surface area contributed by atoms with Crippen LogP contribution in [0.1, 0.15) is 29.4 Å². The first-order valence-electron chi connectivity index (χ1n) is 6.06. The van der Waals surface area contributed by atoms with Crippen LogP contribution in [0.3, 0.4) is 0 Å². The number of aromatic nitrogens is 1. The van der Waals surface area contributed by atoms with Gasteiger partial charge in [-0.05, 0) is 12.3 Å². The topological polar surface area (TPSA) is 48.1 Å². The maximum atomic E-state index is 11.9. The SMILES string of the molecule is CC(C)Cc1nc(CCOCC(F)F)sc1CN. The van der Waals surface area contributed by atoms with Gasteiger partial charge in [-0.2, -0.15) is 0 Å². The zero-order valence-electron chi connectivity index (χ0n) is 10.8. The normalized spacial score (nSPS) is 11.7. The smallest absolute Gasteiger partial charge is 0.261 e. The molecule has 1 aromatic rings. The highest BCUT2D eigenvalue weighted by atomic mass is 32.1. The van der Waals surface area contributed by atoms with Gasteiger partial charge in [0.2, 0.25) is 0 Å². The van der Waals surface area contributed by atoms with Crippen molar-refractivity contribution < 1.29 is 13.5 Å². The summed E-state index contributed by atoms with van der Waals surface area (Å²) in [6.45, 7) is 4.52. The number of ether oxygens (including phenoxy) is 1. The molecule has 0 aliphatic rings. The average Bonchev–Trinajstić information content (AvgIpc) is 2.65. The van der Waals surface area contributed by atoms with Crippen molar-refractivity contribution in [3.63, 3.8) is 0 Å². The molecule has 1 aromatic heterocycles. The summed E-state index contributed by atoms with van der Waals surface area (Å²) >= 11 is 1.56. The van der Waals surface area contributed by atoms with Gasteiger partial charge in [0.05, 0.1) is 17.3 Å². The second-order valence-electron chi connectivity index (χ2n) is 4.50. The van der Waals surface area contributed by atoms with Gasteiger partial charge in [0.25, 0.3) is 6.43 Å². The molecule has 104 valence electrons. The number of rotatable bonds is 8. The van der Waals surface area contributed by atoms with E-state index in [1.54, 1.807) is 11.3 Å². The van der Waals surface area contributed by atoms with Crippen LogP contribution in [-0.2, 0) is 24.1 Å². The van der Waals surface area contributed by atoms with Crippen LogP contribution in [0, 0.1) is 5.92 Å². The Bertz CT molecular complexity index is 356. The molecule has 0 aliphatic heterocycles. The zero-order valence-corrected chi connectivity index (χ0v) is 11.6. The number of halogens is 2. The Hall–Kier alpha value is -0.590. The fraction of sp³-hybridized carbons (Fsp3) is 0.750. The summed E-state index contributed by atoms with van der Waals surface area (Å²) < 4.78 is 28.6. The predicted octanol–water partition coefficient (Wildman–Crippen LogP) is 2.62. The Morgan fingerprint density at radius 3 is 2.67 bits per heavy atom. The maximum absolute atomic E-state index is 11.9. The van der Waals surface area contributed by atoms with E-state index in [1.807, 2.05) is 0 Å². The molecule has 0 spiro atoms. The highest BCUT2D eigenvalue weighted by molar-refractivity contribution is 7.11. The van der Waals surface area contributed by atoms with Crippen molar-refractivity contribution in [2.24, 2.45) is 11.7 Å². The van der Waals surface area contributed by atoms with Gasteiger partial charge < -0.3 is 10.5 Å². The Kier molecular flexibility index (Phi) is 6.67. The molecule has 0 amide bonds. The summed E-state index contributed by atoms with van der Waals surface area (Å²) in [5.74, 6) is 0.528. The second-order valence-corrected chi connectivity index (χ2v) is 5.66. The van der Waals surface area contributed by atoms with E-state index in [4.69, 9.17) is 10.5 Å². The van der Waals surface area contributed by atoms with Crippen molar-refractivity contribution in [1.82, 2.24) is 4.98 Å². The van der Waals surface area contributed by atoms with Crippen LogP contribution in [-0.4, -0.2) is 24.6 Å². The van der Waals surface area contributed by atoms with Gasteiger partial charge in [-0.25, -0.2) is 13.8 Å². The van der Waals surface area contributed by atoms with E-state index in [2.05, 4.69) is 18.8 Å². The lowest BCUT2D eigenvalue weighted by Crippen LogP contribution is -2.07. The molecule has 0 atom stereocenters. The molecule has 1 rings (SSSR count). The summed E-state index contributed by atoms with van der Waals surface area (Å²) in [4.78, 5) is 5.60. The highest BCUT2D eigenvalue weighted by Crippen LogP contribution is 2.21. The lowest BCUT2D eigenvalue weighted by atomic mass is 10.1. The van der Waals surface area contributed by atoms with Crippen molar-refractivity contribution in [1.29, 1.82) is 0 Å². The fourth-order valence-corrected chi connectivity index (χ4v) is 2.54. The largest absolute Gasteiger partial charge is 0.375 e. The Morgan fingerprint density at radius 2 is 2.11 bits per heavy atom. The number of nitrogens with zero attached hydrogens (tertiary/aromatic N) is 1. The van der Waals surface area contributed by atoms with Crippen LogP contribution < -0.4 is 5.73 Å². The van der Waals surface area contributed by atoms with Crippen LogP contribution in [0.5, 0.6) is 0 Å². The number of nitrogens with two attached hydrogens (primary N) is 1. The average molecular weight is 278 g/mol. The molecule has 0 saturated carbocycles. The molecule has 0 aliphatic carbocycles. The number of hydrogen-bond acceptors (Lipinski definition) is 4. The van der Waals surface area contributed by atoms with Gasteiger partial charge in [-0.1, -0.05) is 13.8 Å². The van der Waals surface area contributed by atoms with Crippen LogP contribution >= 0.6 is 11.3 Å². The second kappa shape index (κ2) is 7.76. The molecule has 0 fully saturated rings. The van der Waals surface area contributed by atoms with Crippen LogP contribution in [0.25, 0.3) is 0 Å². The molecular weight excluding hydrogens is 258 g/mol. The minimum absolute atomic E-state index is 0.281. The molecule has 0 unspecified atom stereocenters. The summed E-state index contributed by atoms with van der Waals surface area (Å²) in [6.07, 6.45) is -0.930. The van der Waals surface area contributed by atoms with E-state index >= 15 is 0 Å². The lowest BCUT2D eigenvalue weighted by Gasteiger charge is -2.02. The van der Waals surface area contributed by atoms with Gasteiger partial charge >= 0.3 is 0 Å². The Balaban J connectivity index is 2.48. The Morgan fingerprint density at radius 1 is 1.39 bits per heavy atom. The molecule has 0 bridgehead atoms. The number of alkyl halides is 2. The van der Waals surface area contributed by atoms with E-state index in [0.717, 1.165) is 22.0 Å². The maximum Gasteiger partial charge on any atom is 0.261 e. The van der Waals surface area contributed by atoms with E-state index in [1.165, 1.54) is 0 Å². The standard InChI is InChI=1S/C12H20F2N2OS/c1-8(2)5-9-10(6-15)18-12(16-9)3-4-17-7-11(13)14/h8,11H,3-7,15H2,1-2H3. The van der Waals surface area contributed by atoms with E-state index < -0.39 is 13.0 Å². The van der Waals surface area contributed by atoms with E-state index in [9.17, 15) is 8.78 Å². The van der Waals surface area contributed by atoms with E-state index in [-0.39, 0.29) is 6.61 Å². The molecule has 3 nitrogen and oxygen atoms in total. The van der Waals surface area contributed by atoms with Crippen molar-refractivity contribution in [2.45, 2.75) is 39.7 Å². The van der Waals surface area contributed by atoms with Gasteiger partial charge in [-0.3, -0.25) is 0 Å². The quantitative estimate of drug-likeness (QED) is 0.744. The molecule has 18 heavy (non-hydrogen) atoms. The molecule has 0 radical (unpaired) electrons. The van der Waals surface area contributed by atoms with Crippen molar-refractivity contribution >= 4 is 11.3 Å². The summed E-state index contributed by atoms with van der Waals surface area (Å²) in [5.41, 5.74) is 6.72. The summed E-state index contributed by atoms with van der Waals surface area (Å²) in [5, 5.41) is 0.917. The third kappa shape index (κ3) is 5.37. The number of hydrogen-bond donors (Lipinski definition) is 1. The van der Waals surface area contributed by atoms with Gasteiger partial charge in [0.1, 0.15) is 6.61 Å². The van der Waals surface area contributed by atoms with Gasteiger partial charge in [0.15, 0.2) is 0 Å². The predicted molar refractivity (Wildman–Crippen MR) is 69.1 cm³/mol. The minimum Gasteiger partial charge on any atom is -0.375 e. The first kappa shape index (κ1) is 15.5. The third-order valence-electron chi connectivity index (χ3n) is 2.31. The van der Waals surface area contributed by atoms with Gasteiger partial charge in [0, 0.05) is 17.8 Å². The summed E-state index contributed by atoms with van der Waals surface area (Å²) in [6, 6.07) is 0. The molecule has 2 N–H and O–H groups in total. The summed E-state index contributed by atoms with van der Waals surface area (Å²) in [7, 11) is 0. The molecule has 1 heterocycles. The molecule has 0 saturated heterocycles. The minimum atomic E-state index is -2.41.